The number of anilines is 2. The average Bonchev–Trinajstić information content (AvgIpc) is 3.39. The van der Waals surface area contributed by atoms with Crippen molar-refractivity contribution in [2.75, 3.05) is 24.2 Å². The van der Waals surface area contributed by atoms with Gasteiger partial charge in [0.25, 0.3) is 11.6 Å². The number of hydrogen-bond donors (Lipinski definition) is 0. The number of methoxy groups -OCH3 is 2. The fourth-order valence-electron chi connectivity index (χ4n) is 5.10. The number of para-hydroxylation sites is 1. The number of ether oxygens (including phenoxy) is 2. The van der Waals surface area contributed by atoms with Crippen molar-refractivity contribution in [2.24, 2.45) is 5.92 Å². The third kappa shape index (κ3) is 3.86. The fourth-order valence-corrected chi connectivity index (χ4v) is 5.10. The van der Waals surface area contributed by atoms with Crippen LogP contribution in [0.2, 0.25) is 0 Å². The lowest BCUT2D eigenvalue weighted by Gasteiger charge is -2.29. The molecular weight excluding hydrogens is 478 g/mol. The predicted molar refractivity (Wildman–Crippen MR) is 135 cm³/mol. The van der Waals surface area contributed by atoms with Gasteiger partial charge >= 0.3 is 0 Å². The predicted octanol–water partition coefficient (Wildman–Crippen LogP) is 4.28. The monoisotopic (exact) mass is 503 g/mol. The minimum Gasteiger partial charge on any atom is -0.493 e. The maximum Gasteiger partial charge on any atom is 0.278 e. The maximum atomic E-state index is 13.9. The number of hydrogen-bond acceptors (Lipinski definition) is 8. The van der Waals surface area contributed by atoms with Gasteiger partial charge in [-0.2, -0.15) is 0 Å². The molecule has 10 heteroatoms. The van der Waals surface area contributed by atoms with E-state index in [9.17, 15) is 19.7 Å². The molecule has 2 amide bonds. The molecule has 3 atom stereocenters. The molecule has 0 N–H and O–H groups in total. The summed E-state index contributed by atoms with van der Waals surface area (Å²) in [6.45, 7) is 3.75. The van der Waals surface area contributed by atoms with Crippen molar-refractivity contribution in [3.05, 3.63) is 87.5 Å². The largest absolute Gasteiger partial charge is 0.493 e. The minimum atomic E-state index is -1.16. The molecule has 2 fully saturated rings. The molecule has 190 valence electrons. The van der Waals surface area contributed by atoms with E-state index < -0.39 is 34.8 Å². The van der Waals surface area contributed by atoms with Gasteiger partial charge in [-0.25, -0.2) is 9.96 Å². The third-order valence-corrected chi connectivity index (χ3v) is 6.77. The van der Waals surface area contributed by atoms with Gasteiger partial charge in [0.1, 0.15) is 12.0 Å². The molecule has 2 aliphatic rings. The lowest BCUT2D eigenvalue weighted by molar-refractivity contribution is -0.385. The van der Waals surface area contributed by atoms with E-state index in [1.54, 1.807) is 30.3 Å². The molecule has 3 aromatic rings. The molecule has 10 nitrogen and oxygen atoms in total. The Morgan fingerprint density at radius 3 is 2.22 bits per heavy atom. The van der Waals surface area contributed by atoms with Gasteiger partial charge in [0.15, 0.2) is 17.6 Å². The molecule has 0 spiro atoms. The highest BCUT2D eigenvalue weighted by Crippen LogP contribution is 2.51. The van der Waals surface area contributed by atoms with Gasteiger partial charge in [0.05, 0.1) is 42.1 Å². The lowest BCUT2D eigenvalue weighted by atomic mass is 9.89. The third-order valence-electron chi connectivity index (χ3n) is 6.77. The van der Waals surface area contributed by atoms with Gasteiger partial charge in [-0.1, -0.05) is 35.9 Å². The van der Waals surface area contributed by atoms with Gasteiger partial charge in [0.2, 0.25) is 5.91 Å². The fraction of sp³-hybridized carbons (Fsp3) is 0.259. The number of rotatable bonds is 6. The van der Waals surface area contributed by atoms with Crippen LogP contribution in [-0.4, -0.2) is 37.1 Å². The van der Waals surface area contributed by atoms with Crippen molar-refractivity contribution >= 4 is 28.9 Å². The van der Waals surface area contributed by atoms with Crippen molar-refractivity contribution in [1.29, 1.82) is 0 Å². The van der Waals surface area contributed by atoms with E-state index in [0.29, 0.717) is 11.4 Å². The number of benzene rings is 3. The van der Waals surface area contributed by atoms with E-state index in [0.717, 1.165) is 16.0 Å². The molecule has 0 aromatic heterocycles. The van der Waals surface area contributed by atoms with E-state index in [2.05, 4.69) is 0 Å². The Labute approximate surface area is 213 Å². The van der Waals surface area contributed by atoms with Crippen LogP contribution in [0.15, 0.2) is 60.7 Å². The molecule has 0 saturated carbocycles. The number of nitro benzene ring substituents is 1. The van der Waals surface area contributed by atoms with Crippen LogP contribution in [0, 0.1) is 29.9 Å². The summed E-state index contributed by atoms with van der Waals surface area (Å²) in [5.41, 5.74) is 2.65. The van der Waals surface area contributed by atoms with E-state index in [1.165, 1.54) is 31.4 Å². The number of amides is 2. The summed E-state index contributed by atoms with van der Waals surface area (Å²) < 4.78 is 10.7. The zero-order valence-corrected chi connectivity index (χ0v) is 20.7. The van der Waals surface area contributed by atoms with E-state index >= 15 is 0 Å². The van der Waals surface area contributed by atoms with Gasteiger partial charge in [-0.3, -0.25) is 24.5 Å². The molecule has 0 bridgehead atoms. The van der Waals surface area contributed by atoms with Crippen molar-refractivity contribution in [3.8, 4) is 11.5 Å². The molecule has 2 aliphatic heterocycles. The molecule has 2 heterocycles. The first-order valence-corrected chi connectivity index (χ1v) is 11.6. The Bertz CT molecular complexity index is 1410. The van der Waals surface area contributed by atoms with Crippen LogP contribution >= 0.6 is 0 Å². The van der Waals surface area contributed by atoms with Crippen molar-refractivity contribution in [2.45, 2.75) is 26.0 Å². The van der Waals surface area contributed by atoms with Gasteiger partial charge < -0.3 is 9.47 Å². The van der Waals surface area contributed by atoms with Crippen molar-refractivity contribution in [3.63, 3.8) is 0 Å². The standard InChI is InChI=1S/C27H25N3O7/c1-15-10-11-19(16(2)12-15)28-26(31)23-24(18-13-21(35-3)22(36-4)14-20(18)30(33)34)29(37-25(23)27(28)32)17-8-6-5-7-9-17/h5-14,23-25H,1-4H3/t23-,24+,25+/m0/s1. The average molecular weight is 504 g/mol. The van der Waals surface area contributed by atoms with Crippen molar-refractivity contribution in [1.82, 2.24) is 0 Å². The highest BCUT2D eigenvalue weighted by molar-refractivity contribution is 6.24. The summed E-state index contributed by atoms with van der Waals surface area (Å²) in [4.78, 5) is 46.4. The second-order valence-electron chi connectivity index (χ2n) is 8.98. The number of nitrogens with zero attached hydrogens (tertiary/aromatic N) is 3. The molecule has 3 aromatic carbocycles. The molecule has 37 heavy (non-hydrogen) atoms. The second kappa shape index (κ2) is 9.21. The number of nitro groups is 1. The summed E-state index contributed by atoms with van der Waals surface area (Å²) in [7, 11) is 2.80. The zero-order valence-electron chi connectivity index (χ0n) is 20.7. The summed E-state index contributed by atoms with van der Waals surface area (Å²) >= 11 is 0. The summed E-state index contributed by atoms with van der Waals surface area (Å²) in [6, 6.07) is 16.0. The van der Waals surface area contributed by atoms with Crippen LogP contribution in [0.25, 0.3) is 0 Å². The van der Waals surface area contributed by atoms with E-state index in [4.69, 9.17) is 14.3 Å². The number of imide groups is 1. The highest BCUT2D eigenvalue weighted by atomic mass is 16.7. The molecule has 0 unspecified atom stereocenters. The van der Waals surface area contributed by atoms with Crippen LogP contribution < -0.4 is 19.4 Å². The minimum absolute atomic E-state index is 0.169. The van der Waals surface area contributed by atoms with Crippen LogP contribution in [0.4, 0.5) is 17.1 Å². The Hall–Kier alpha value is -4.44. The smallest absolute Gasteiger partial charge is 0.278 e. The second-order valence-corrected chi connectivity index (χ2v) is 8.98. The van der Waals surface area contributed by atoms with Gasteiger partial charge in [-0.05, 0) is 43.7 Å². The number of carbonyl (C=O) groups excluding carboxylic acids is 2. The summed E-state index contributed by atoms with van der Waals surface area (Å²) in [5, 5.41) is 13.6. The summed E-state index contributed by atoms with van der Waals surface area (Å²) in [6.07, 6.45) is -1.16. The Balaban J connectivity index is 1.69. The van der Waals surface area contributed by atoms with Crippen molar-refractivity contribution < 1.29 is 28.8 Å². The molecule has 2 saturated heterocycles. The van der Waals surface area contributed by atoms with Crippen LogP contribution in [-0.2, 0) is 14.4 Å². The molecule has 0 aliphatic carbocycles. The first-order valence-electron chi connectivity index (χ1n) is 11.6. The Kier molecular flexibility index (Phi) is 6.04. The normalized spacial score (nSPS) is 20.8. The maximum absolute atomic E-state index is 13.9. The summed E-state index contributed by atoms with van der Waals surface area (Å²) in [5.74, 6) is -1.62. The van der Waals surface area contributed by atoms with Crippen LogP contribution in [0.5, 0.6) is 11.5 Å². The molecule has 5 rings (SSSR count). The Morgan fingerprint density at radius 1 is 0.919 bits per heavy atom. The number of hydroxylamine groups is 1. The van der Waals surface area contributed by atoms with E-state index in [1.807, 2.05) is 32.0 Å². The zero-order chi connectivity index (χ0) is 26.4. The molecular formula is C27H25N3O7. The lowest BCUT2D eigenvalue weighted by Crippen LogP contribution is -2.38. The van der Waals surface area contributed by atoms with E-state index in [-0.39, 0.29) is 22.7 Å². The highest BCUT2D eigenvalue weighted by Gasteiger charge is 2.61. The molecule has 0 radical (unpaired) electrons. The number of carbonyl (C=O) groups is 2. The SMILES string of the molecule is COc1cc([C@@H]2[C@@H]3C(=O)N(c4ccc(C)cc4C)C(=O)[C@@H]3ON2c2ccccc2)c([N+](=O)[O-])cc1OC. The first kappa shape index (κ1) is 24.3. The quantitative estimate of drug-likeness (QED) is 0.278. The van der Waals surface area contributed by atoms with Gasteiger partial charge in [-0.15, -0.1) is 0 Å². The Morgan fingerprint density at radius 2 is 1.59 bits per heavy atom. The number of aryl methyl sites for hydroxylation is 2. The van der Waals surface area contributed by atoms with Crippen LogP contribution in [0.1, 0.15) is 22.7 Å². The number of fused-ring (bicyclic) bond motifs is 1. The van der Waals surface area contributed by atoms with Gasteiger partial charge in [0, 0.05) is 0 Å². The topological polar surface area (TPSA) is 111 Å². The first-order chi connectivity index (χ1) is 17.8. The van der Waals surface area contributed by atoms with Crippen LogP contribution in [0.3, 0.4) is 0 Å².